The maximum atomic E-state index is 15.0. The van der Waals surface area contributed by atoms with Crippen molar-refractivity contribution in [3.8, 4) is 56.0 Å². The summed E-state index contributed by atoms with van der Waals surface area (Å²) in [6, 6.07) is 65.8. The van der Waals surface area contributed by atoms with Gasteiger partial charge in [-0.3, -0.25) is 9.98 Å². The Morgan fingerprint density at radius 3 is 1.12 bits per heavy atom. The van der Waals surface area contributed by atoms with Gasteiger partial charge in [0, 0.05) is 12.4 Å². The predicted molar refractivity (Wildman–Crippen MR) is 267 cm³/mol. The largest absolute Gasteiger partial charge is 2.00 e. The molecule has 6 nitrogen and oxygen atoms in total. The quantitative estimate of drug-likeness (QED) is 0.0858. The molecule has 0 aliphatic heterocycles. The van der Waals surface area contributed by atoms with Crippen molar-refractivity contribution in [3.63, 3.8) is 0 Å². The molecule has 1 saturated carbocycles. The van der Waals surface area contributed by atoms with E-state index in [4.69, 9.17) is 20.2 Å². The second kappa shape index (κ2) is 21.2. The zero-order chi connectivity index (χ0) is 45.0. The Labute approximate surface area is 414 Å². The SMILES string of the molecule is N#[O+].[Cl-].[O-]c1c(C=N[C@@H]2CCCC[C@H]2N=Cc2cc3ccccc3c(-c3c(-c4ccccc4)ccc4ccccc34)c2[O-])cc2ccccc2c1-c1c(-c2ccccc2)ccc2ccccc12.[Ru+2]. The molecule has 8 heteroatoms. The summed E-state index contributed by atoms with van der Waals surface area (Å²) in [5.74, 6) is -0.0929. The average Bonchev–Trinajstić information content (AvgIpc) is 3.38. The van der Waals surface area contributed by atoms with Gasteiger partial charge in [-0.05, 0) is 124 Å². The predicted octanol–water partition coefficient (Wildman–Crippen LogP) is 10.9. The first kappa shape index (κ1) is 47.3. The van der Waals surface area contributed by atoms with Gasteiger partial charge in [0.15, 0.2) is 0 Å². The van der Waals surface area contributed by atoms with Crippen LogP contribution in [0.5, 0.6) is 11.5 Å². The van der Waals surface area contributed by atoms with Crippen molar-refractivity contribution >= 4 is 55.5 Å². The third-order valence-corrected chi connectivity index (χ3v) is 13.1. The Morgan fingerprint density at radius 1 is 0.412 bits per heavy atom. The fraction of sp³-hybridized carbons (Fsp3) is 0.100. The summed E-state index contributed by atoms with van der Waals surface area (Å²) >= 11 is 0. The van der Waals surface area contributed by atoms with Crippen LogP contribution >= 0.6 is 0 Å². The molecule has 1 aliphatic rings. The minimum absolute atomic E-state index is 0. The molecular weight excluding hydrogens is 947 g/mol. The zero-order valence-electron chi connectivity index (χ0n) is 36.9. The fourth-order valence-electron chi connectivity index (χ4n) is 9.98. The van der Waals surface area contributed by atoms with Crippen LogP contribution in [0.1, 0.15) is 36.8 Å². The topological polar surface area (TPSA) is 115 Å². The van der Waals surface area contributed by atoms with E-state index in [9.17, 15) is 0 Å². The molecule has 0 aromatic heterocycles. The molecule has 1 aliphatic carbocycles. The smallest absolute Gasteiger partial charge is 1.00 e. The van der Waals surface area contributed by atoms with Gasteiger partial charge in [-0.15, -0.1) is 0 Å². The second-order valence-corrected chi connectivity index (χ2v) is 16.9. The molecule has 0 amide bonds. The zero-order valence-corrected chi connectivity index (χ0v) is 39.4. The standard InChI is InChI=1S/C60H46N2O2.ClH.NO.Ru/c63-59-45(35-43-23-9-13-27-49(43)57(59)55-47-25-11-7-21-41(47)31-33-51(55)39-17-3-1-4-18-39)37-61-53-29-15-16-30-54(53)62-38-46-36-44-24-10-14-28-50(44)58(60(46)64)56-48-26-12-8-22-42(48)32-34-52(56)40-19-5-2-6-20-40;;1-2;/h1-14,17-28,31-38,53-54,63-64H,15-16,29-30H2;1H;;/q;;+1;+2/p-3/t53-,54-;;;/m1.../s1. The molecule has 0 N–H and O–H groups in total. The van der Waals surface area contributed by atoms with Crippen molar-refractivity contribution in [2.75, 3.05) is 0 Å². The van der Waals surface area contributed by atoms with Crippen molar-refractivity contribution < 1.29 is 46.9 Å². The second-order valence-electron chi connectivity index (χ2n) is 16.9. The van der Waals surface area contributed by atoms with E-state index in [-0.39, 0.29) is 55.5 Å². The van der Waals surface area contributed by atoms with E-state index in [0.29, 0.717) is 22.3 Å². The van der Waals surface area contributed by atoms with E-state index in [0.717, 1.165) is 102 Å². The van der Waals surface area contributed by atoms with Crippen molar-refractivity contribution in [1.82, 2.24) is 0 Å². The Kier molecular flexibility index (Phi) is 14.7. The van der Waals surface area contributed by atoms with Crippen LogP contribution in [0.2, 0.25) is 0 Å². The van der Waals surface area contributed by atoms with Gasteiger partial charge in [0.25, 0.3) is 0 Å². The number of aliphatic imine (C=N–C) groups is 2. The Bertz CT molecular complexity index is 3270. The van der Waals surface area contributed by atoms with Crippen LogP contribution in [0.25, 0.3) is 87.6 Å². The van der Waals surface area contributed by atoms with Crippen LogP contribution in [-0.4, -0.2) is 24.5 Å². The summed E-state index contributed by atoms with van der Waals surface area (Å²) in [5.41, 5.74) is 14.2. The van der Waals surface area contributed by atoms with Crippen LogP contribution < -0.4 is 22.6 Å². The van der Waals surface area contributed by atoms with E-state index >= 15 is 10.2 Å². The van der Waals surface area contributed by atoms with E-state index < -0.39 is 0 Å². The monoisotopic (exact) mass is 991 g/mol. The van der Waals surface area contributed by atoms with Crippen LogP contribution in [0.15, 0.2) is 204 Å². The van der Waals surface area contributed by atoms with Crippen molar-refractivity contribution in [2.45, 2.75) is 37.8 Å². The third kappa shape index (κ3) is 8.98. The summed E-state index contributed by atoms with van der Waals surface area (Å²) in [4.78, 5) is 10.4. The number of hydrogen-bond donors (Lipinski definition) is 0. The van der Waals surface area contributed by atoms with Gasteiger partial charge in [-0.1, -0.05) is 206 Å². The first-order valence-corrected chi connectivity index (χ1v) is 22.5. The summed E-state index contributed by atoms with van der Waals surface area (Å²) in [6.45, 7) is 0. The van der Waals surface area contributed by atoms with Gasteiger partial charge >= 0.3 is 29.7 Å². The van der Waals surface area contributed by atoms with E-state index in [2.05, 4.69) is 97.1 Å². The average molecular weight is 992 g/mol. The van der Waals surface area contributed by atoms with Crippen molar-refractivity contribution in [3.05, 3.63) is 205 Å². The summed E-state index contributed by atoms with van der Waals surface area (Å²) in [7, 11) is 0. The Hall–Kier alpha value is -7.24. The summed E-state index contributed by atoms with van der Waals surface area (Å²) < 4.78 is 7.25. The molecule has 0 bridgehead atoms. The van der Waals surface area contributed by atoms with Gasteiger partial charge in [-0.25, -0.2) is 0 Å². The first-order valence-electron chi connectivity index (χ1n) is 22.5. The maximum absolute atomic E-state index is 15.0. The van der Waals surface area contributed by atoms with Crippen LogP contribution in [0.3, 0.4) is 0 Å². The van der Waals surface area contributed by atoms with Crippen LogP contribution in [0.4, 0.5) is 0 Å². The van der Waals surface area contributed by atoms with Gasteiger partial charge in [0.05, 0.1) is 12.1 Å². The minimum Gasteiger partial charge on any atom is -1.00 e. The summed E-state index contributed by atoms with van der Waals surface area (Å²) in [6.07, 6.45) is 7.32. The third-order valence-electron chi connectivity index (χ3n) is 13.1. The van der Waals surface area contributed by atoms with E-state index in [1.54, 1.807) is 12.4 Å². The molecule has 2 atom stereocenters. The first-order chi connectivity index (χ1) is 32.6. The molecule has 0 spiro atoms. The van der Waals surface area contributed by atoms with Gasteiger partial charge in [-0.2, -0.15) is 0 Å². The molecule has 11 rings (SSSR count). The molecule has 68 heavy (non-hydrogen) atoms. The minimum atomic E-state index is -0.144. The Morgan fingerprint density at radius 2 is 0.735 bits per heavy atom. The van der Waals surface area contributed by atoms with Gasteiger partial charge < -0.3 is 22.6 Å². The molecule has 0 unspecified atom stereocenters. The number of benzene rings is 10. The number of fused-ring (bicyclic) bond motifs is 4. The molecule has 0 radical (unpaired) electrons. The van der Waals surface area contributed by atoms with Crippen LogP contribution in [-0.2, 0) is 24.3 Å². The maximum Gasteiger partial charge on any atom is 2.00 e. The van der Waals surface area contributed by atoms with Gasteiger partial charge in [0.2, 0.25) is 0 Å². The normalized spacial score (nSPS) is 14.7. The molecule has 0 saturated heterocycles. The van der Waals surface area contributed by atoms with E-state index in [1.807, 2.05) is 97.1 Å². The number of hydrogen-bond acceptors (Lipinski definition) is 5. The van der Waals surface area contributed by atoms with Crippen molar-refractivity contribution in [1.29, 1.82) is 5.46 Å². The van der Waals surface area contributed by atoms with Crippen molar-refractivity contribution in [2.24, 2.45) is 9.98 Å². The van der Waals surface area contributed by atoms with Gasteiger partial charge in [0.1, 0.15) is 0 Å². The number of rotatable bonds is 8. The number of nitrogens with zero attached hydrogens (tertiary/aromatic N) is 3. The molecule has 332 valence electrons. The molecular formula is C60H44ClN3O3Ru. The molecule has 1 fully saturated rings. The Balaban J connectivity index is 0.00000154. The number of halogens is 1. The molecule has 10 aromatic rings. The fourth-order valence-corrected chi connectivity index (χ4v) is 9.98. The molecule has 10 aromatic carbocycles. The van der Waals surface area contributed by atoms with E-state index in [1.165, 1.54) is 0 Å². The van der Waals surface area contributed by atoms with Crippen LogP contribution in [0, 0.1) is 5.46 Å². The summed E-state index contributed by atoms with van der Waals surface area (Å²) in [5, 5.41) is 38.1. The molecule has 0 heterocycles.